The number of rotatable bonds is 2. The SMILES string of the molecule is Clc1ccc(-c2ccc(-c3ccc(Cl)c(Cl)c3)cc2)cc1. The molecule has 0 aliphatic carbocycles. The van der Waals surface area contributed by atoms with Gasteiger partial charge in [0, 0.05) is 5.02 Å². The molecule has 3 heteroatoms. The first-order chi connectivity index (χ1) is 10.1. The van der Waals surface area contributed by atoms with E-state index < -0.39 is 0 Å². The summed E-state index contributed by atoms with van der Waals surface area (Å²) >= 11 is 17.9. The summed E-state index contributed by atoms with van der Waals surface area (Å²) in [6.45, 7) is 0. The highest BCUT2D eigenvalue weighted by molar-refractivity contribution is 6.42. The summed E-state index contributed by atoms with van der Waals surface area (Å²) < 4.78 is 0. The van der Waals surface area contributed by atoms with Gasteiger partial charge < -0.3 is 0 Å². The molecule has 3 aromatic carbocycles. The second kappa shape index (κ2) is 6.11. The molecule has 0 bridgehead atoms. The van der Waals surface area contributed by atoms with Gasteiger partial charge in [-0.15, -0.1) is 0 Å². The minimum Gasteiger partial charge on any atom is -0.0843 e. The van der Waals surface area contributed by atoms with Crippen molar-refractivity contribution in [2.75, 3.05) is 0 Å². The van der Waals surface area contributed by atoms with Crippen molar-refractivity contribution < 1.29 is 0 Å². The highest BCUT2D eigenvalue weighted by atomic mass is 35.5. The van der Waals surface area contributed by atoms with Crippen LogP contribution in [0.1, 0.15) is 0 Å². The predicted molar refractivity (Wildman–Crippen MR) is 92.3 cm³/mol. The van der Waals surface area contributed by atoms with E-state index in [1.54, 1.807) is 0 Å². The molecular weight excluding hydrogens is 323 g/mol. The van der Waals surface area contributed by atoms with Gasteiger partial charge in [-0.25, -0.2) is 0 Å². The van der Waals surface area contributed by atoms with Gasteiger partial charge in [0.25, 0.3) is 0 Å². The fourth-order valence-corrected chi connectivity index (χ4v) is 2.60. The summed E-state index contributed by atoms with van der Waals surface area (Å²) in [6.07, 6.45) is 0. The number of halogens is 3. The Balaban J connectivity index is 1.93. The zero-order valence-corrected chi connectivity index (χ0v) is 13.3. The molecule has 3 aromatic rings. The quantitative estimate of drug-likeness (QED) is 0.474. The van der Waals surface area contributed by atoms with Gasteiger partial charge in [0.05, 0.1) is 10.0 Å². The molecule has 0 N–H and O–H groups in total. The number of hydrogen-bond acceptors (Lipinski definition) is 0. The predicted octanol–water partition coefficient (Wildman–Crippen LogP) is 6.98. The first-order valence-electron chi connectivity index (χ1n) is 6.45. The van der Waals surface area contributed by atoms with Crippen LogP contribution in [-0.4, -0.2) is 0 Å². The van der Waals surface area contributed by atoms with Gasteiger partial charge in [0.1, 0.15) is 0 Å². The van der Waals surface area contributed by atoms with Gasteiger partial charge in [-0.1, -0.05) is 77.3 Å². The molecular formula is C18H11Cl3. The van der Waals surface area contributed by atoms with E-state index in [9.17, 15) is 0 Å². The number of hydrogen-bond donors (Lipinski definition) is 0. The van der Waals surface area contributed by atoms with Crippen molar-refractivity contribution in [1.82, 2.24) is 0 Å². The zero-order chi connectivity index (χ0) is 14.8. The third-order valence-electron chi connectivity index (χ3n) is 3.32. The van der Waals surface area contributed by atoms with Gasteiger partial charge in [-0.2, -0.15) is 0 Å². The third kappa shape index (κ3) is 3.24. The maximum absolute atomic E-state index is 6.06. The lowest BCUT2D eigenvalue weighted by Crippen LogP contribution is -1.81. The Bertz CT molecular complexity index is 759. The Hall–Kier alpha value is -1.47. The lowest BCUT2D eigenvalue weighted by atomic mass is 10.0. The van der Waals surface area contributed by atoms with E-state index in [1.807, 2.05) is 42.5 Å². The van der Waals surface area contributed by atoms with Crippen molar-refractivity contribution in [2.24, 2.45) is 0 Å². The van der Waals surface area contributed by atoms with Gasteiger partial charge in [-0.3, -0.25) is 0 Å². The van der Waals surface area contributed by atoms with Crippen LogP contribution in [0.4, 0.5) is 0 Å². The first kappa shape index (κ1) is 14.5. The summed E-state index contributed by atoms with van der Waals surface area (Å²) in [5.74, 6) is 0. The summed E-state index contributed by atoms with van der Waals surface area (Å²) in [5.41, 5.74) is 4.44. The second-order valence-corrected chi connectivity index (χ2v) is 5.96. The van der Waals surface area contributed by atoms with E-state index in [1.165, 1.54) is 0 Å². The minimum atomic E-state index is 0.566. The summed E-state index contributed by atoms with van der Waals surface area (Å²) in [7, 11) is 0. The van der Waals surface area contributed by atoms with Crippen LogP contribution in [0.15, 0.2) is 66.7 Å². The van der Waals surface area contributed by atoms with Gasteiger partial charge in [0.15, 0.2) is 0 Å². The Morgan fingerprint density at radius 2 is 0.857 bits per heavy atom. The van der Waals surface area contributed by atoms with Gasteiger partial charge in [0.2, 0.25) is 0 Å². The van der Waals surface area contributed by atoms with Crippen molar-refractivity contribution in [1.29, 1.82) is 0 Å². The molecule has 0 atom stereocenters. The summed E-state index contributed by atoms with van der Waals surface area (Å²) in [4.78, 5) is 0. The molecule has 0 aliphatic heterocycles. The average Bonchev–Trinajstić information content (AvgIpc) is 2.51. The van der Waals surface area contributed by atoms with E-state index in [0.717, 1.165) is 27.3 Å². The van der Waals surface area contributed by atoms with Gasteiger partial charge in [-0.05, 0) is 46.5 Å². The molecule has 0 saturated heterocycles. The van der Waals surface area contributed by atoms with Crippen LogP contribution in [0.2, 0.25) is 15.1 Å². The lowest BCUT2D eigenvalue weighted by Gasteiger charge is -2.06. The maximum atomic E-state index is 6.06. The second-order valence-electron chi connectivity index (χ2n) is 4.71. The maximum Gasteiger partial charge on any atom is 0.0598 e. The van der Waals surface area contributed by atoms with Gasteiger partial charge >= 0.3 is 0 Å². The van der Waals surface area contributed by atoms with Crippen LogP contribution in [0.3, 0.4) is 0 Å². The Morgan fingerprint density at radius 1 is 0.429 bits per heavy atom. The highest BCUT2D eigenvalue weighted by Crippen LogP contribution is 2.30. The molecule has 0 amide bonds. The van der Waals surface area contributed by atoms with E-state index >= 15 is 0 Å². The third-order valence-corrected chi connectivity index (χ3v) is 4.31. The Kier molecular flexibility index (Phi) is 4.21. The summed E-state index contributed by atoms with van der Waals surface area (Å²) in [5, 5.41) is 1.88. The highest BCUT2D eigenvalue weighted by Gasteiger charge is 2.03. The zero-order valence-electron chi connectivity index (χ0n) is 11.0. The smallest absolute Gasteiger partial charge is 0.0598 e. The van der Waals surface area contributed by atoms with Crippen LogP contribution in [0.25, 0.3) is 22.3 Å². The van der Waals surface area contributed by atoms with Crippen molar-refractivity contribution >= 4 is 34.8 Å². The van der Waals surface area contributed by atoms with Crippen molar-refractivity contribution in [2.45, 2.75) is 0 Å². The molecule has 0 spiro atoms. The fraction of sp³-hybridized carbons (Fsp3) is 0. The summed E-state index contributed by atoms with van der Waals surface area (Å²) in [6, 6.07) is 21.8. The average molecular weight is 334 g/mol. The van der Waals surface area contributed by atoms with E-state index in [4.69, 9.17) is 34.8 Å². The molecule has 0 saturated carbocycles. The van der Waals surface area contributed by atoms with Crippen LogP contribution >= 0.6 is 34.8 Å². The van der Waals surface area contributed by atoms with E-state index in [2.05, 4.69) is 24.3 Å². The van der Waals surface area contributed by atoms with Crippen LogP contribution in [0.5, 0.6) is 0 Å². The van der Waals surface area contributed by atoms with Crippen molar-refractivity contribution in [3.05, 3.63) is 81.8 Å². The molecule has 3 rings (SSSR count). The van der Waals surface area contributed by atoms with Crippen LogP contribution in [0, 0.1) is 0 Å². The lowest BCUT2D eigenvalue weighted by molar-refractivity contribution is 1.59. The Morgan fingerprint density at radius 3 is 1.38 bits per heavy atom. The molecule has 0 aliphatic rings. The fourth-order valence-electron chi connectivity index (χ4n) is 2.17. The topological polar surface area (TPSA) is 0 Å². The molecule has 0 unspecified atom stereocenters. The standard InChI is InChI=1S/C18H11Cl3/c19-16-8-5-13(6-9-16)12-1-3-14(4-2-12)15-7-10-17(20)18(21)11-15/h1-11H. The van der Waals surface area contributed by atoms with E-state index in [-0.39, 0.29) is 0 Å². The van der Waals surface area contributed by atoms with E-state index in [0.29, 0.717) is 10.0 Å². The van der Waals surface area contributed by atoms with Crippen molar-refractivity contribution in [3.8, 4) is 22.3 Å². The Labute approximate surface area is 138 Å². The number of benzene rings is 3. The molecule has 0 nitrogen and oxygen atoms in total. The monoisotopic (exact) mass is 332 g/mol. The molecule has 0 heterocycles. The minimum absolute atomic E-state index is 0.566. The first-order valence-corrected chi connectivity index (χ1v) is 7.58. The molecule has 0 radical (unpaired) electrons. The molecule has 0 aromatic heterocycles. The molecule has 0 fully saturated rings. The largest absolute Gasteiger partial charge is 0.0843 e. The normalized spacial score (nSPS) is 10.6. The molecule has 21 heavy (non-hydrogen) atoms. The van der Waals surface area contributed by atoms with Crippen LogP contribution in [-0.2, 0) is 0 Å². The van der Waals surface area contributed by atoms with Crippen LogP contribution < -0.4 is 0 Å². The molecule has 104 valence electrons. The van der Waals surface area contributed by atoms with Crippen molar-refractivity contribution in [3.63, 3.8) is 0 Å².